The summed E-state index contributed by atoms with van der Waals surface area (Å²) in [6.45, 7) is 1.94. The number of phosphoric ester groups is 1. The number of carbonyl (C=O) groups excluding carboxylic acids is 2. The molecule has 12 nitrogen and oxygen atoms in total. The van der Waals surface area contributed by atoms with Gasteiger partial charge in [-0.3, -0.25) is 18.6 Å². The predicted octanol–water partition coefficient (Wildman–Crippen LogP) is 9.39. The summed E-state index contributed by atoms with van der Waals surface area (Å²) in [6.07, 6.45) is 40.4. The van der Waals surface area contributed by atoms with Crippen LogP contribution in [-0.4, -0.2) is 88.1 Å². The first kappa shape index (κ1) is 56.1. The van der Waals surface area contributed by atoms with Crippen LogP contribution in [0.5, 0.6) is 0 Å². The number of esters is 2. The Morgan fingerprint density at radius 1 is 0.576 bits per heavy atom. The monoisotopic (exact) mass is 853 g/mol. The zero-order valence-corrected chi connectivity index (χ0v) is 36.8. The minimum absolute atomic E-state index is 0.0739. The van der Waals surface area contributed by atoms with Gasteiger partial charge >= 0.3 is 19.8 Å². The lowest BCUT2D eigenvalue weighted by Gasteiger charge is -2.20. The number of hydrogen-bond acceptors (Lipinski definition) is 11. The van der Waals surface area contributed by atoms with Crippen molar-refractivity contribution in [1.29, 1.82) is 0 Å². The molecule has 0 fully saturated rings. The van der Waals surface area contributed by atoms with E-state index < -0.39 is 70.6 Å². The van der Waals surface area contributed by atoms with Gasteiger partial charge in [0.15, 0.2) is 6.10 Å². The molecule has 0 amide bonds. The highest BCUT2D eigenvalue weighted by molar-refractivity contribution is 7.47. The Labute approximate surface area is 355 Å². The van der Waals surface area contributed by atoms with Crippen LogP contribution in [0.2, 0.25) is 0 Å². The van der Waals surface area contributed by atoms with Gasteiger partial charge in [-0.2, -0.15) is 0 Å². The van der Waals surface area contributed by atoms with Crippen LogP contribution >= 0.6 is 7.82 Å². The van der Waals surface area contributed by atoms with Crippen molar-refractivity contribution < 1.29 is 58.0 Å². The van der Waals surface area contributed by atoms with Crippen molar-refractivity contribution in [3.8, 4) is 0 Å². The van der Waals surface area contributed by atoms with Crippen LogP contribution in [0.25, 0.3) is 0 Å². The maximum absolute atomic E-state index is 12.6. The van der Waals surface area contributed by atoms with Crippen LogP contribution in [0.3, 0.4) is 0 Å². The molecule has 0 aromatic heterocycles. The van der Waals surface area contributed by atoms with Gasteiger partial charge in [0, 0.05) is 12.8 Å². The Morgan fingerprint density at radius 3 is 1.69 bits per heavy atom. The molecule has 0 saturated heterocycles. The summed E-state index contributed by atoms with van der Waals surface area (Å²) in [4.78, 5) is 35.0. The fourth-order valence-electron chi connectivity index (χ4n) is 5.27. The molecule has 0 spiro atoms. The highest BCUT2D eigenvalue weighted by Crippen LogP contribution is 2.43. The first-order valence-electron chi connectivity index (χ1n) is 21.8. The van der Waals surface area contributed by atoms with Crippen LogP contribution in [0.1, 0.15) is 142 Å². The lowest BCUT2D eigenvalue weighted by molar-refractivity contribution is -0.161. The first-order valence-corrected chi connectivity index (χ1v) is 23.3. The highest BCUT2D eigenvalue weighted by Gasteiger charge is 2.27. The van der Waals surface area contributed by atoms with E-state index in [1.807, 2.05) is 24.3 Å². The fourth-order valence-corrected chi connectivity index (χ4v) is 6.06. The minimum atomic E-state index is -4.69. The second-order valence-corrected chi connectivity index (χ2v) is 15.9. The van der Waals surface area contributed by atoms with Gasteiger partial charge in [-0.15, -0.1) is 0 Å². The van der Waals surface area contributed by atoms with E-state index in [0.29, 0.717) is 12.8 Å². The zero-order valence-electron chi connectivity index (χ0n) is 35.9. The van der Waals surface area contributed by atoms with Crippen LogP contribution in [0.15, 0.2) is 85.1 Å². The molecule has 0 aliphatic rings. The third-order valence-corrected chi connectivity index (χ3v) is 9.68. The van der Waals surface area contributed by atoms with Gasteiger partial charge in [0.05, 0.1) is 32.0 Å². The van der Waals surface area contributed by atoms with Gasteiger partial charge < -0.3 is 34.8 Å². The average molecular weight is 853 g/mol. The topological polar surface area (TPSA) is 189 Å². The van der Waals surface area contributed by atoms with Gasteiger partial charge in [-0.25, -0.2) is 4.57 Å². The van der Waals surface area contributed by atoms with E-state index in [4.69, 9.17) is 19.1 Å². The molecule has 0 aromatic rings. The van der Waals surface area contributed by atoms with E-state index >= 15 is 0 Å². The number of rotatable bonds is 39. The van der Waals surface area contributed by atoms with Gasteiger partial charge in [-0.1, -0.05) is 144 Å². The average Bonchev–Trinajstić information content (AvgIpc) is 3.21. The number of ether oxygens (including phenoxy) is 2. The van der Waals surface area contributed by atoms with E-state index in [0.717, 1.165) is 70.6 Å². The lowest BCUT2D eigenvalue weighted by Crippen LogP contribution is -2.30. The van der Waals surface area contributed by atoms with Crippen molar-refractivity contribution in [3.63, 3.8) is 0 Å². The molecular weight excluding hydrogens is 775 g/mol. The Balaban J connectivity index is 4.60. The summed E-state index contributed by atoms with van der Waals surface area (Å²) in [5, 5.41) is 38.5. The standard InChI is InChI=1S/C46H77O12P/c1-3-5-7-8-9-10-11-12-13-14-15-16-17-18-22-25-29-35-45(51)55-39-44(40-57-59(53,54)56-38-43(50)37-47)58-46(52)36-30-34-42(49)33-28-24-21-19-20-23-27-32-41(48)31-26-6-4-2/h9-10,12-13,15-16,20-21,23-24,27-28,32-33,41-44,47-50H,3-8,11,14,17-19,22,25-26,29-31,34-40H2,1-2H3,(H,53,54)/b10-9-,13-12-,16-15-,23-20-,24-21-,32-27+,33-28+/t41-,42-,43+,44-/m1/s1. The van der Waals surface area contributed by atoms with Crippen molar-refractivity contribution in [1.82, 2.24) is 0 Å². The van der Waals surface area contributed by atoms with E-state index in [9.17, 15) is 34.4 Å². The summed E-state index contributed by atoms with van der Waals surface area (Å²) in [6, 6.07) is 0. The molecule has 5 N–H and O–H groups in total. The molecule has 0 aromatic carbocycles. The summed E-state index contributed by atoms with van der Waals surface area (Å²) >= 11 is 0. The second kappa shape index (κ2) is 40.5. The molecule has 0 bridgehead atoms. The lowest BCUT2D eigenvalue weighted by atomic mass is 10.1. The van der Waals surface area contributed by atoms with Crippen LogP contribution in [0.4, 0.5) is 0 Å². The number of allylic oxidation sites excluding steroid dienone is 12. The third-order valence-electron chi connectivity index (χ3n) is 8.73. The molecule has 0 saturated carbocycles. The molecule has 0 radical (unpaired) electrons. The fraction of sp³-hybridized carbons (Fsp3) is 0.652. The van der Waals surface area contributed by atoms with E-state index in [-0.39, 0.29) is 25.7 Å². The number of aliphatic hydroxyl groups is 4. The van der Waals surface area contributed by atoms with Gasteiger partial charge in [-0.05, 0) is 70.6 Å². The van der Waals surface area contributed by atoms with Crippen molar-refractivity contribution in [2.24, 2.45) is 0 Å². The van der Waals surface area contributed by atoms with Gasteiger partial charge in [0.1, 0.15) is 12.7 Å². The van der Waals surface area contributed by atoms with E-state index in [1.165, 1.54) is 19.3 Å². The largest absolute Gasteiger partial charge is 0.472 e. The Hall–Kier alpha value is -2.93. The molecule has 5 atom stereocenters. The maximum Gasteiger partial charge on any atom is 0.472 e. The van der Waals surface area contributed by atoms with Crippen LogP contribution in [-0.2, 0) is 32.7 Å². The molecule has 0 aliphatic carbocycles. The molecule has 13 heteroatoms. The number of aliphatic hydroxyl groups excluding tert-OH is 4. The molecule has 1 unspecified atom stereocenters. The molecule has 59 heavy (non-hydrogen) atoms. The van der Waals surface area contributed by atoms with Crippen molar-refractivity contribution in [3.05, 3.63) is 85.1 Å². The van der Waals surface area contributed by atoms with Crippen LogP contribution < -0.4 is 0 Å². The number of hydrogen-bond donors (Lipinski definition) is 5. The van der Waals surface area contributed by atoms with Gasteiger partial charge in [0.25, 0.3) is 0 Å². The molecule has 0 aliphatic heterocycles. The SMILES string of the molecule is CCCCC/C=C\C/C=C\C/C=C\CCCCCCC(=O)OC[C@H](COP(=O)(O)OC[C@@H](O)CO)OC(=O)CCC[C@H](O)/C=C/C=C\C/C=C\C=C\[C@H](O)CCCCC. The minimum Gasteiger partial charge on any atom is -0.462 e. The van der Waals surface area contributed by atoms with Crippen molar-refractivity contribution in [2.75, 3.05) is 26.4 Å². The number of unbranched alkanes of at least 4 members (excludes halogenated alkanes) is 9. The molecule has 338 valence electrons. The predicted molar refractivity (Wildman–Crippen MR) is 235 cm³/mol. The Kier molecular flexibility index (Phi) is 38.5. The zero-order chi connectivity index (χ0) is 43.7. The van der Waals surface area contributed by atoms with Gasteiger partial charge in [0.2, 0.25) is 0 Å². The molecule has 0 heterocycles. The number of carbonyl (C=O) groups is 2. The summed E-state index contributed by atoms with van der Waals surface area (Å²) in [5.41, 5.74) is 0. The summed E-state index contributed by atoms with van der Waals surface area (Å²) in [7, 11) is -4.69. The van der Waals surface area contributed by atoms with E-state index in [1.54, 1.807) is 24.3 Å². The summed E-state index contributed by atoms with van der Waals surface area (Å²) < 4.78 is 32.5. The highest BCUT2D eigenvalue weighted by atomic mass is 31.2. The van der Waals surface area contributed by atoms with Crippen molar-refractivity contribution >= 4 is 19.8 Å². The van der Waals surface area contributed by atoms with Crippen LogP contribution in [0, 0.1) is 0 Å². The molecule has 0 rings (SSSR count). The van der Waals surface area contributed by atoms with Crippen molar-refractivity contribution in [2.45, 2.75) is 167 Å². The second-order valence-electron chi connectivity index (χ2n) is 14.4. The van der Waals surface area contributed by atoms with E-state index in [2.05, 4.69) is 54.8 Å². The number of phosphoric acid groups is 1. The smallest absolute Gasteiger partial charge is 0.462 e. The summed E-state index contributed by atoms with van der Waals surface area (Å²) in [5.74, 6) is -1.19. The normalized spacial score (nSPS) is 15.7. The quantitative estimate of drug-likeness (QED) is 0.0130. The Bertz CT molecular complexity index is 1290. The Morgan fingerprint density at radius 2 is 1.08 bits per heavy atom. The third kappa shape index (κ3) is 40.3. The maximum atomic E-state index is 12.6. The molecular formula is C46H77O12P. The first-order chi connectivity index (χ1) is 28.5.